The Morgan fingerprint density at radius 2 is 2.00 bits per heavy atom. The summed E-state index contributed by atoms with van der Waals surface area (Å²) in [4.78, 5) is 0. The van der Waals surface area contributed by atoms with Gasteiger partial charge in [-0.2, -0.15) is 0 Å². The van der Waals surface area contributed by atoms with E-state index in [-0.39, 0.29) is 6.61 Å². The van der Waals surface area contributed by atoms with Crippen molar-refractivity contribution in [1.29, 1.82) is 0 Å². The number of aliphatic hydroxyl groups excluding tert-OH is 1. The average Bonchev–Trinajstić information content (AvgIpc) is 2.19. The van der Waals surface area contributed by atoms with Crippen molar-refractivity contribution in [1.82, 2.24) is 0 Å². The Balaban J connectivity index is 2.51. The minimum Gasteiger partial charge on any atom is -0.494 e. The van der Waals surface area contributed by atoms with Gasteiger partial charge < -0.3 is 15.6 Å². The van der Waals surface area contributed by atoms with Crippen molar-refractivity contribution in [3.63, 3.8) is 0 Å². The summed E-state index contributed by atoms with van der Waals surface area (Å²) >= 11 is 0. The molecule has 0 aromatic heterocycles. The van der Waals surface area contributed by atoms with Crippen LogP contribution in [-0.4, -0.2) is 18.3 Å². The molecule has 0 atom stereocenters. The number of rotatable bonds is 5. The van der Waals surface area contributed by atoms with Crippen molar-refractivity contribution < 1.29 is 9.84 Å². The van der Waals surface area contributed by atoms with Gasteiger partial charge in [-0.05, 0) is 29.8 Å². The third-order valence-electron chi connectivity index (χ3n) is 1.80. The zero-order valence-electron chi connectivity index (χ0n) is 8.07. The van der Waals surface area contributed by atoms with Gasteiger partial charge in [-0.25, -0.2) is 0 Å². The molecule has 0 bridgehead atoms. The van der Waals surface area contributed by atoms with Gasteiger partial charge >= 0.3 is 0 Å². The predicted molar refractivity (Wildman–Crippen MR) is 56.9 cm³/mol. The smallest absolute Gasteiger partial charge is 0.119 e. The first kappa shape index (κ1) is 10.6. The maximum atomic E-state index is 8.55. The molecule has 1 aromatic carbocycles. The van der Waals surface area contributed by atoms with Crippen molar-refractivity contribution in [3.8, 4) is 5.75 Å². The monoisotopic (exact) mass is 193 g/mol. The van der Waals surface area contributed by atoms with Crippen molar-refractivity contribution in [2.45, 2.75) is 6.42 Å². The molecule has 0 radical (unpaired) electrons. The maximum Gasteiger partial charge on any atom is 0.119 e. The Morgan fingerprint density at radius 1 is 1.36 bits per heavy atom. The van der Waals surface area contributed by atoms with Crippen molar-refractivity contribution >= 4 is 5.70 Å². The van der Waals surface area contributed by atoms with Crippen molar-refractivity contribution in [3.05, 3.63) is 36.4 Å². The average molecular weight is 193 g/mol. The van der Waals surface area contributed by atoms with Crippen LogP contribution in [0, 0.1) is 0 Å². The molecular formula is C11H15NO2. The third kappa shape index (κ3) is 3.11. The number of benzene rings is 1. The lowest BCUT2D eigenvalue weighted by Crippen LogP contribution is -2.00. The van der Waals surface area contributed by atoms with Crippen LogP contribution in [0.1, 0.15) is 12.0 Å². The van der Waals surface area contributed by atoms with Crippen LogP contribution in [0.3, 0.4) is 0 Å². The lowest BCUT2D eigenvalue weighted by molar-refractivity contribution is 0.233. The lowest BCUT2D eigenvalue weighted by Gasteiger charge is -2.05. The van der Waals surface area contributed by atoms with Crippen LogP contribution < -0.4 is 10.5 Å². The summed E-state index contributed by atoms with van der Waals surface area (Å²) in [6.45, 7) is 4.31. The molecule has 3 N–H and O–H groups in total. The molecule has 76 valence electrons. The van der Waals surface area contributed by atoms with E-state index >= 15 is 0 Å². The normalized spacial score (nSPS) is 9.79. The second-order valence-corrected chi connectivity index (χ2v) is 2.98. The molecule has 0 heterocycles. The number of hydrogen-bond donors (Lipinski definition) is 2. The number of ether oxygens (including phenoxy) is 1. The largest absolute Gasteiger partial charge is 0.494 e. The molecule has 1 rings (SSSR count). The first-order valence-corrected chi connectivity index (χ1v) is 4.52. The highest BCUT2D eigenvalue weighted by Crippen LogP contribution is 2.14. The molecule has 1 aromatic rings. The first-order chi connectivity index (χ1) is 6.74. The Bertz CT molecular complexity index is 293. The highest BCUT2D eigenvalue weighted by molar-refractivity contribution is 5.60. The fraction of sp³-hybridized carbons (Fsp3) is 0.273. The van der Waals surface area contributed by atoms with E-state index in [0.29, 0.717) is 18.7 Å². The van der Waals surface area contributed by atoms with E-state index < -0.39 is 0 Å². The Morgan fingerprint density at radius 3 is 2.50 bits per heavy atom. The predicted octanol–water partition coefficient (Wildman–Crippen LogP) is 1.38. The minimum atomic E-state index is 0.150. The van der Waals surface area contributed by atoms with Gasteiger partial charge in [0, 0.05) is 18.7 Å². The molecule has 3 heteroatoms. The summed E-state index contributed by atoms with van der Waals surface area (Å²) in [6, 6.07) is 7.39. The summed E-state index contributed by atoms with van der Waals surface area (Å²) in [5.74, 6) is 0.781. The molecule has 0 fully saturated rings. The maximum absolute atomic E-state index is 8.55. The number of nitrogens with two attached hydrogens (primary N) is 1. The Labute approximate surface area is 83.8 Å². The summed E-state index contributed by atoms with van der Waals surface area (Å²) in [5.41, 5.74) is 6.97. The summed E-state index contributed by atoms with van der Waals surface area (Å²) < 4.78 is 5.35. The molecule has 0 spiro atoms. The molecule has 14 heavy (non-hydrogen) atoms. The first-order valence-electron chi connectivity index (χ1n) is 4.52. The fourth-order valence-corrected chi connectivity index (χ4v) is 1.02. The summed E-state index contributed by atoms with van der Waals surface area (Å²) in [7, 11) is 0. The van der Waals surface area contributed by atoms with Crippen molar-refractivity contribution in [2.24, 2.45) is 5.73 Å². The van der Waals surface area contributed by atoms with Crippen LogP contribution >= 0.6 is 0 Å². The standard InChI is InChI=1S/C11H15NO2/c1-9(12)10-3-5-11(6-4-10)14-8-2-7-13/h3-6,13H,1-2,7-8,12H2. The van der Waals surface area contributed by atoms with Gasteiger partial charge in [0.2, 0.25) is 0 Å². The molecule has 0 aliphatic carbocycles. The van der Waals surface area contributed by atoms with Gasteiger partial charge in [0.05, 0.1) is 6.61 Å². The molecule has 0 amide bonds. The van der Waals surface area contributed by atoms with Crippen LogP contribution in [0.4, 0.5) is 0 Å². The van der Waals surface area contributed by atoms with Crippen LogP contribution in [0.5, 0.6) is 5.75 Å². The molecular weight excluding hydrogens is 178 g/mol. The van der Waals surface area contributed by atoms with E-state index in [2.05, 4.69) is 6.58 Å². The van der Waals surface area contributed by atoms with Crippen molar-refractivity contribution in [2.75, 3.05) is 13.2 Å². The SMILES string of the molecule is C=C(N)c1ccc(OCCCO)cc1. The highest BCUT2D eigenvalue weighted by Gasteiger charge is 1.95. The molecule has 0 aliphatic rings. The zero-order valence-corrected chi connectivity index (χ0v) is 8.07. The zero-order chi connectivity index (χ0) is 10.4. The van der Waals surface area contributed by atoms with Gasteiger partial charge in [0.1, 0.15) is 5.75 Å². The molecule has 3 nitrogen and oxygen atoms in total. The second-order valence-electron chi connectivity index (χ2n) is 2.98. The van der Waals surface area contributed by atoms with E-state index in [0.717, 1.165) is 11.3 Å². The Hall–Kier alpha value is -1.48. The lowest BCUT2D eigenvalue weighted by atomic mass is 10.2. The topological polar surface area (TPSA) is 55.5 Å². The van der Waals surface area contributed by atoms with Gasteiger partial charge in [-0.3, -0.25) is 0 Å². The fourth-order valence-electron chi connectivity index (χ4n) is 1.02. The molecule has 0 aliphatic heterocycles. The van der Waals surface area contributed by atoms with E-state index in [1.54, 1.807) is 0 Å². The van der Waals surface area contributed by atoms with Gasteiger partial charge in [-0.15, -0.1) is 0 Å². The van der Waals surface area contributed by atoms with Crippen LogP contribution in [0.25, 0.3) is 5.70 Å². The van der Waals surface area contributed by atoms with Crippen LogP contribution in [0.2, 0.25) is 0 Å². The van der Waals surface area contributed by atoms with E-state index in [1.807, 2.05) is 24.3 Å². The highest BCUT2D eigenvalue weighted by atomic mass is 16.5. The van der Waals surface area contributed by atoms with Gasteiger partial charge in [0.25, 0.3) is 0 Å². The van der Waals surface area contributed by atoms with E-state index in [4.69, 9.17) is 15.6 Å². The molecule has 0 unspecified atom stereocenters. The Kier molecular flexibility index (Phi) is 4.01. The summed E-state index contributed by atoms with van der Waals surface area (Å²) in [5, 5.41) is 8.55. The molecule has 0 saturated carbocycles. The molecule has 0 saturated heterocycles. The van der Waals surface area contributed by atoms with Gasteiger partial charge in [-0.1, -0.05) is 6.58 Å². The summed E-state index contributed by atoms with van der Waals surface area (Å²) in [6.07, 6.45) is 0.644. The van der Waals surface area contributed by atoms with E-state index in [1.165, 1.54) is 0 Å². The van der Waals surface area contributed by atoms with Crippen LogP contribution in [0.15, 0.2) is 30.8 Å². The second kappa shape index (κ2) is 5.29. The van der Waals surface area contributed by atoms with E-state index in [9.17, 15) is 0 Å². The minimum absolute atomic E-state index is 0.150. The number of aliphatic hydroxyl groups is 1. The quantitative estimate of drug-likeness (QED) is 0.694. The van der Waals surface area contributed by atoms with Gasteiger partial charge in [0.15, 0.2) is 0 Å². The van der Waals surface area contributed by atoms with Crippen LogP contribution in [-0.2, 0) is 0 Å². The number of hydrogen-bond acceptors (Lipinski definition) is 3. The third-order valence-corrected chi connectivity index (χ3v) is 1.80.